The standard InChI is InChI=1S/C21H20FN5O2S/c22-15-4-6-17(7-5-15)27-20(18-3-1-14-30-18)24-19(25-27)21(28)26(11-2-10-23)16-8-12-29-13-9-16/h1,3-7,14,16H,2,8-9,11-13H2. The summed E-state index contributed by atoms with van der Waals surface area (Å²) < 4.78 is 20.4. The average Bonchev–Trinajstić information content (AvgIpc) is 3.45. The molecule has 9 heteroatoms. The van der Waals surface area contributed by atoms with Gasteiger partial charge in [-0.25, -0.2) is 14.1 Å². The molecule has 30 heavy (non-hydrogen) atoms. The summed E-state index contributed by atoms with van der Waals surface area (Å²) in [6, 6.07) is 11.8. The molecule has 1 fully saturated rings. The summed E-state index contributed by atoms with van der Waals surface area (Å²) in [7, 11) is 0. The van der Waals surface area contributed by atoms with Crippen LogP contribution >= 0.6 is 11.3 Å². The van der Waals surface area contributed by atoms with Crippen LogP contribution in [-0.2, 0) is 4.74 Å². The van der Waals surface area contributed by atoms with Crippen molar-refractivity contribution in [3.8, 4) is 22.5 Å². The Balaban J connectivity index is 1.72. The molecule has 0 atom stereocenters. The minimum absolute atomic E-state index is 0.0115. The minimum atomic E-state index is -0.352. The zero-order valence-corrected chi connectivity index (χ0v) is 17.0. The fraction of sp³-hybridized carbons (Fsp3) is 0.333. The first-order chi connectivity index (χ1) is 14.7. The molecule has 1 saturated heterocycles. The Kier molecular flexibility index (Phi) is 6.16. The molecule has 0 unspecified atom stereocenters. The molecule has 2 aromatic heterocycles. The van der Waals surface area contributed by atoms with Crippen LogP contribution in [0.5, 0.6) is 0 Å². The molecule has 1 aliphatic heterocycles. The second-order valence-corrected chi connectivity index (χ2v) is 7.82. The zero-order chi connectivity index (χ0) is 20.9. The predicted molar refractivity (Wildman–Crippen MR) is 110 cm³/mol. The highest BCUT2D eigenvalue weighted by Gasteiger charge is 2.30. The quantitative estimate of drug-likeness (QED) is 0.602. The van der Waals surface area contributed by atoms with Crippen LogP contribution in [0.4, 0.5) is 4.39 Å². The smallest absolute Gasteiger partial charge is 0.293 e. The summed E-state index contributed by atoms with van der Waals surface area (Å²) in [4.78, 5) is 20.4. The monoisotopic (exact) mass is 425 g/mol. The third-order valence-electron chi connectivity index (χ3n) is 4.97. The van der Waals surface area contributed by atoms with Gasteiger partial charge >= 0.3 is 0 Å². The van der Waals surface area contributed by atoms with Crippen molar-refractivity contribution in [1.82, 2.24) is 19.7 Å². The number of hydrogen-bond donors (Lipinski definition) is 0. The Labute approximate surface area is 177 Å². The summed E-state index contributed by atoms with van der Waals surface area (Å²) in [6.07, 6.45) is 1.67. The van der Waals surface area contributed by atoms with Crippen LogP contribution in [0, 0.1) is 17.1 Å². The van der Waals surface area contributed by atoms with Crippen molar-refractivity contribution >= 4 is 17.2 Å². The van der Waals surface area contributed by atoms with E-state index in [1.807, 2.05) is 17.5 Å². The molecule has 1 aromatic carbocycles. The van der Waals surface area contributed by atoms with E-state index in [9.17, 15) is 9.18 Å². The Hall–Kier alpha value is -3.09. The molecule has 3 heterocycles. The topological polar surface area (TPSA) is 84.0 Å². The highest BCUT2D eigenvalue weighted by molar-refractivity contribution is 7.13. The Morgan fingerprint density at radius 1 is 1.30 bits per heavy atom. The number of rotatable bonds is 6. The van der Waals surface area contributed by atoms with Gasteiger partial charge in [-0.1, -0.05) is 6.07 Å². The van der Waals surface area contributed by atoms with Crippen molar-refractivity contribution in [2.45, 2.75) is 25.3 Å². The molecular formula is C21H20FN5O2S. The van der Waals surface area contributed by atoms with E-state index in [1.54, 1.807) is 21.7 Å². The highest BCUT2D eigenvalue weighted by atomic mass is 32.1. The van der Waals surface area contributed by atoms with Gasteiger partial charge in [0.15, 0.2) is 5.82 Å². The number of aromatic nitrogens is 3. The van der Waals surface area contributed by atoms with E-state index in [0.717, 1.165) is 4.88 Å². The van der Waals surface area contributed by atoms with E-state index in [4.69, 9.17) is 10.00 Å². The van der Waals surface area contributed by atoms with Crippen LogP contribution in [0.3, 0.4) is 0 Å². The molecule has 1 amide bonds. The van der Waals surface area contributed by atoms with Crippen LogP contribution in [-0.4, -0.2) is 51.4 Å². The third kappa shape index (κ3) is 4.25. The lowest BCUT2D eigenvalue weighted by Gasteiger charge is -2.33. The van der Waals surface area contributed by atoms with Crippen LogP contribution < -0.4 is 0 Å². The maximum Gasteiger partial charge on any atom is 0.293 e. The molecule has 0 saturated carbocycles. The Morgan fingerprint density at radius 2 is 2.07 bits per heavy atom. The van der Waals surface area contributed by atoms with E-state index < -0.39 is 0 Å². The molecule has 0 bridgehead atoms. The molecule has 0 radical (unpaired) electrons. The largest absolute Gasteiger partial charge is 0.381 e. The number of benzene rings is 1. The van der Waals surface area contributed by atoms with Gasteiger partial charge < -0.3 is 9.64 Å². The second-order valence-electron chi connectivity index (χ2n) is 6.87. The SMILES string of the molecule is N#CCCN(C(=O)c1nc(-c2cccs2)n(-c2ccc(F)cc2)n1)C1CCOCC1. The summed E-state index contributed by atoms with van der Waals surface area (Å²) in [5.74, 6) is -0.0785. The summed E-state index contributed by atoms with van der Waals surface area (Å²) in [6.45, 7) is 1.48. The fourth-order valence-electron chi connectivity index (χ4n) is 3.48. The molecule has 0 aliphatic carbocycles. The lowest BCUT2D eigenvalue weighted by molar-refractivity contribution is 0.0289. The zero-order valence-electron chi connectivity index (χ0n) is 16.2. The van der Waals surface area contributed by atoms with Gasteiger partial charge in [0.05, 0.1) is 23.1 Å². The number of ether oxygens (including phenoxy) is 1. The Bertz CT molecular complexity index is 1040. The third-order valence-corrected chi connectivity index (χ3v) is 5.83. The molecule has 154 valence electrons. The van der Waals surface area contributed by atoms with Crippen molar-refractivity contribution in [3.63, 3.8) is 0 Å². The van der Waals surface area contributed by atoms with Gasteiger partial charge in [0.25, 0.3) is 5.91 Å². The number of carbonyl (C=O) groups is 1. The van der Waals surface area contributed by atoms with Gasteiger partial charge in [-0.3, -0.25) is 4.79 Å². The van der Waals surface area contributed by atoms with Crippen molar-refractivity contribution in [3.05, 3.63) is 53.4 Å². The minimum Gasteiger partial charge on any atom is -0.381 e. The van der Waals surface area contributed by atoms with E-state index in [1.165, 1.54) is 23.5 Å². The van der Waals surface area contributed by atoms with E-state index in [2.05, 4.69) is 16.2 Å². The number of carbonyl (C=O) groups excluding carboxylic acids is 1. The van der Waals surface area contributed by atoms with Gasteiger partial charge in [-0.15, -0.1) is 16.4 Å². The summed E-state index contributed by atoms with van der Waals surface area (Å²) in [5.41, 5.74) is 0.612. The molecule has 1 aliphatic rings. The van der Waals surface area contributed by atoms with Crippen molar-refractivity contribution in [1.29, 1.82) is 5.26 Å². The summed E-state index contributed by atoms with van der Waals surface area (Å²) >= 11 is 1.48. The van der Waals surface area contributed by atoms with Gasteiger partial charge in [-0.05, 0) is 48.6 Å². The van der Waals surface area contributed by atoms with Crippen molar-refractivity contribution in [2.24, 2.45) is 0 Å². The molecule has 0 N–H and O–H groups in total. The van der Waals surface area contributed by atoms with Crippen LogP contribution in [0.25, 0.3) is 16.4 Å². The normalized spacial score (nSPS) is 14.4. The fourth-order valence-corrected chi connectivity index (χ4v) is 4.17. The maximum absolute atomic E-state index is 13.4. The highest BCUT2D eigenvalue weighted by Crippen LogP contribution is 2.26. The van der Waals surface area contributed by atoms with E-state index in [-0.39, 0.29) is 30.0 Å². The molecular weight excluding hydrogens is 405 g/mol. The van der Waals surface area contributed by atoms with Gasteiger partial charge in [0, 0.05) is 25.8 Å². The number of halogens is 1. The van der Waals surface area contributed by atoms with Crippen LogP contribution in [0.15, 0.2) is 41.8 Å². The molecule has 4 rings (SSSR count). The lowest BCUT2D eigenvalue weighted by Crippen LogP contribution is -2.44. The predicted octanol–water partition coefficient (Wildman–Crippen LogP) is 3.67. The van der Waals surface area contributed by atoms with Crippen molar-refractivity contribution < 1.29 is 13.9 Å². The van der Waals surface area contributed by atoms with Gasteiger partial charge in [0.2, 0.25) is 5.82 Å². The van der Waals surface area contributed by atoms with E-state index >= 15 is 0 Å². The average molecular weight is 425 g/mol. The maximum atomic E-state index is 13.4. The van der Waals surface area contributed by atoms with Crippen molar-refractivity contribution in [2.75, 3.05) is 19.8 Å². The first kappa shape index (κ1) is 20.2. The van der Waals surface area contributed by atoms with Gasteiger partial charge in [0.1, 0.15) is 5.82 Å². The number of nitrogens with zero attached hydrogens (tertiary/aromatic N) is 5. The summed E-state index contributed by atoms with van der Waals surface area (Å²) in [5, 5.41) is 15.4. The van der Waals surface area contributed by atoms with Crippen LogP contribution in [0.1, 0.15) is 29.9 Å². The first-order valence-electron chi connectivity index (χ1n) is 9.70. The number of nitriles is 1. The van der Waals surface area contributed by atoms with Crippen LogP contribution in [0.2, 0.25) is 0 Å². The lowest BCUT2D eigenvalue weighted by atomic mass is 10.1. The Morgan fingerprint density at radius 3 is 2.73 bits per heavy atom. The molecule has 7 nitrogen and oxygen atoms in total. The number of hydrogen-bond acceptors (Lipinski definition) is 6. The molecule has 0 spiro atoms. The number of thiophene rings is 1. The van der Waals surface area contributed by atoms with Gasteiger partial charge in [-0.2, -0.15) is 5.26 Å². The first-order valence-corrected chi connectivity index (χ1v) is 10.6. The molecule has 3 aromatic rings. The number of amides is 1. The second kappa shape index (κ2) is 9.15. The van der Waals surface area contributed by atoms with E-state index in [0.29, 0.717) is 44.1 Å².